The van der Waals surface area contributed by atoms with Crippen molar-refractivity contribution in [1.29, 1.82) is 0 Å². The molecular formula is C21H18ClFIN5O2S. The largest absolute Gasteiger partial charge is 0.383 e. The highest BCUT2D eigenvalue weighted by molar-refractivity contribution is 14.1. The number of hydrogen-bond acceptors (Lipinski definition) is 5. The molecule has 2 heterocycles. The van der Waals surface area contributed by atoms with Crippen molar-refractivity contribution in [2.75, 3.05) is 10.5 Å². The second-order valence-electron chi connectivity index (χ2n) is 7.33. The molecule has 3 N–H and O–H groups in total. The van der Waals surface area contributed by atoms with Crippen LogP contribution in [0.3, 0.4) is 0 Å². The minimum Gasteiger partial charge on any atom is -0.383 e. The van der Waals surface area contributed by atoms with Crippen LogP contribution >= 0.6 is 34.2 Å². The second kappa shape index (κ2) is 8.49. The molecule has 4 rings (SSSR count). The lowest BCUT2D eigenvalue weighted by Gasteiger charge is -2.11. The van der Waals surface area contributed by atoms with Crippen molar-refractivity contribution in [2.45, 2.75) is 24.8 Å². The summed E-state index contributed by atoms with van der Waals surface area (Å²) in [5, 5.41) is 5.32. The summed E-state index contributed by atoms with van der Waals surface area (Å²) < 4.78 is 45.2. The number of nitrogens with zero attached hydrogens (tertiary/aromatic N) is 3. The Kier molecular flexibility index (Phi) is 6.03. The highest BCUT2D eigenvalue weighted by Gasteiger charge is 2.22. The maximum absolute atomic E-state index is 15.0. The molecular weight excluding hydrogens is 568 g/mol. The zero-order chi connectivity index (χ0) is 23.2. The number of pyridine rings is 1. The van der Waals surface area contributed by atoms with Gasteiger partial charge in [0.15, 0.2) is 0 Å². The Morgan fingerprint density at radius 1 is 1.22 bits per heavy atom. The number of fused-ring (bicyclic) bond motifs is 1. The van der Waals surface area contributed by atoms with Gasteiger partial charge in [0.05, 0.1) is 25.2 Å². The van der Waals surface area contributed by atoms with Crippen molar-refractivity contribution >= 4 is 66.6 Å². The standard InChI is InChI=1S/C21H18ClFIN5O2S/c1-11(2)29-20-15(24)10-26-21(25)18(20)19(27-29)12-7-8-16(14(23)9-12)28-32(30,31)17-6-4-3-5-13(17)22/h3-11,28H,1-2H3,(H2,25,26). The van der Waals surface area contributed by atoms with Gasteiger partial charge >= 0.3 is 0 Å². The van der Waals surface area contributed by atoms with Crippen molar-refractivity contribution in [3.05, 3.63) is 63.1 Å². The Bertz CT molecular complexity index is 1460. The van der Waals surface area contributed by atoms with E-state index in [0.717, 1.165) is 9.09 Å². The highest BCUT2D eigenvalue weighted by Crippen LogP contribution is 2.36. The van der Waals surface area contributed by atoms with Crippen LogP contribution in [0.1, 0.15) is 19.9 Å². The first-order valence-corrected chi connectivity index (χ1v) is 12.4. The molecule has 11 heteroatoms. The molecule has 0 atom stereocenters. The molecule has 0 aliphatic carbocycles. The van der Waals surface area contributed by atoms with Crippen LogP contribution < -0.4 is 10.5 Å². The number of aromatic nitrogens is 3. The van der Waals surface area contributed by atoms with Crippen molar-refractivity contribution < 1.29 is 12.8 Å². The van der Waals surface area contributed by atoms with Crippen LogP contribution in [0, 0.1) is 9.39 Å². The molecule has 2 aromatic carbocycles. The normalized spacial score (nSPS) is 11.9. The van der Waals surface area contributed by atoms with Crippen LogP contribution in [0.15, 0.2) is 53.6 Å². The first-order valence-electron chi connectivity index (χ1n) is 9.49. The van der Waals surface area contributed by atoms with E-state index < -0.39 is 15.8 Å². The molecule has 0 bridgehead atoms. The van der Waals surface area contributed by atoms with Gasteiger partial charge in [0.1, 0.15) is 22.2 Å². The van der Waals surface area contributed by atoms with Crippen LogP contribution in [0.4, 0.5) is 15.9 Å². The maximum Gasteiger partial charge on any atom is 0.263 e. The van der Waals surface area contributed by atoms with E-state index >= 15 is 0 Å². The topological polar surface area (TPSA) is 103 Å². The van der Waals surface area contributed by atoms with Gasteiger partial charge in [-0.3, -0.25) is 9.40 Å². The fourth-order valence-corrected chi connectivity index (χ4v) is 5.59. The van der Waals surface area contributed by atoms with Gasteiger partial charge in [-0.15, -0.1) is 0 Å². The number of anilines is 2. The number of halogens is 3. The Morgan fingerprint density at radius 2 is 1.94 bits per heavy atom. The summed E-state index contributed by atoms with van der Waals surface area (Å²) in [4.78, 5) is 4.08. The Hall–Kier alpha value is -2.44. The van der Waals surface area contributed by atoms with E-state index in [1.54, 1.807) is 18.3 Å². The summed E-state index contributed by atoms with van der Waals surface area (Å²) in [5.74, 6) is -0.478. The van der Waals surface area contributed by atoms with Crippen LogP contribution in [0.25, 0.3) is 22.2 Å². The van der Waals surface area contributed by atoms with E-state index in [0.29, 0.717) is 16.6 Å². The lowest BCUT2D eigenvalue weighted by molar-refractivity contribution is 0.551. The van der Waals surface area contributed by atoms with Gasteiger partial charge in [0.25, 0.3) is 10.0 Å². The van der Waals surface area contributed by atoms with Crippen molar-refractivity contribution in [3.8, 4) is 11.3 Å². The molecule has 0 saturated carbocycles. The molecule has 166 valence electrons. The summed E-state index contributed by atoms with van der Waals surface area (Å²) in [6, 6.07) is 10.1. The summed E-state index contributed by atoms with van der Waals surface area (Å²) >= 11 is 8.15. The molecule has 0 fully saturated rings. The van der Waals surface area contributed by atoms with Crippen LogP contribution in [0.2, 0.25) is 5.02 Å². The summed E-state index contributed by atoms with van der Waals surface area (Å²) in [5.41, 5.74) is 7.66. The summed E-state index contributed by atoms with van der Waals surface area (Å²) in [6.45, 7) is 3.96. The zero-order valence-electron chi connectivity index (χ0n) is 17.0. The molecule has 0 aliphatic rings. The van der Waals surface area contributed by atoms with Crippen molar-refractivity contribution in [1.82, 2.24) is 14.8 Å². The van der Waals surface area contributed by atoms with E-state index in [4.69, 9.17) is 17.3 Å². The third-order valence-corrected chi connectivity index (χ3v) is 7.47. The van der Waals surface area contributed by atoms with Crippen LogP contribution in [0.5, 0.6) is 0 Å². The van der Waals surface area contributed by atoms with E-state index in [-0.39, 0.29) is 27.5 Å². The first kappa shape index (κ1) is 22.7. The quantitative estimate of drug-likeness (QED) is 0.303. The smallest absolute Gasteiger partial charge is 0.263 e. The average Bonchev–Trinajstić information content (AvgIpc) is 3.15. The lowest BCUT2D eigenvalue weighted by Crippen LogP contribution is -2.14. The minimum atomic E-state index is -4.07. The number of sulfonamides is 1. The number of nitrogens with one attached hydrogen (secondary N) is 1. The van der Waals surface area contributed by atoms with E-state index in [2.05, 4.69) is 37.4 Å². The van der Waals surface area contributed by atoms with Crippen molar-refractivity contribution in [2.24, 2.45) is 0 Å². The fourth-order valence-electron chi connectivity index (χ4n) is 3.34. The second-order valence-corrected chi connectivity index (χ2v) is 10.6. The maximum atomic E-state index is 15.0. The molecule has 0 radical (unpaired) electrons. The lowest BCUT2D eigenvalue weighted by atomic mass is 10.1. The molecule has 0 aliphatic heterocycles. The van der Waals surface area contributed by atoms with Crippen LogP contribution in [-0.2, 0) is 10.0 Å². The van der Waals surface area contributed by atoms with Gasteiger partial charge in [-0.05, 0) is 60.7 Å². The minimum absolute atomic E-state index is 0.0353. The number of hydrogen-bond donors (Lipinski definition) is 2. The molecule has 4 aromatic rings. The Balaban J connectivity index is 1.79. The summed E-state index contributed by atoms with van der Waals surface area (Å²) in [7, 11) is -4.07. The van der Waals surface area contributed by atoms with Gasteiger partial charge in [-0.1, -0.05) is 29.8 Å². The molecule has 0 spiro atoms. The molecule has 32 heavy (non-hydrogen) atoms. The van der Waals surface area contributed by atoms with Crippen molar-refractivity contribution in [3.63, 3.8) is 0 Å². The van der Waals surface area contributed by atoms with Gasteiger partial charge in [-0.25, -0.2) is 17.8 Å². The highest BCUT2D eigenvalue weighted by atomic mass is 127. The fraction of sp³-hybridized carbons (Fsp3) is 0.143. The molecule has 2 aromatic heterocycles. The van der Waals surface area contributed by atoms with Gasteiger partial charge in [0, 0.05) is 17.8 Å². The zero-order valence-corrected chi connectivity index (χ0v) is 20.7. The van der Waals surface area contributed by atoms with Crippen LogP contribution in [-0.4, -0.2) is 23.2 Å². The monoisotopic (exact) mass is 585 g/mol. The number of nitrogen functional groups attached to an aromatic ring is 1. The third-order valence-electron chi connectivity index (χ3n) is 4.81. The summed E-state index contributed by atoms with van der Waals surface area (Å²) in [6.07, 6.45) is 1.66. The molecule has 0 saturated heterocycles. The SMILES string of the molecule is CC(C)n1nc(-c2ccc(NS(=O)(=O)c3ccccc3Cl)c(F)c2)c2c(N)ncc(I)c21. The van der Waals surface area contributed by atoms with Gasteiger partial charge in [-0.2, -0.15) is 5.10 Å². The third kappa shape index (κ3) is 4.02. The first-order chi connectivity index (χ1) is 15.1. The van der Waals surface area contributed by atoms with E-state index in [9.17, 15) is 12.8 Å². The molecule has 0 unspecified atom stereocenters. The van der Waals surface area contributed by atoms with Gasteiger partial charge < -0.3 is 5.73 Å². The van der Waals surface area contributed by atoms with E-state index in [1.165, 1.54) is 30.3 Å². The molecule has 7 nitrogen and oxygen atoms in total. The number of nitrogens with two attached hydrogens (primary N) is 1. The average molecular weight is 586 g/mol. The predicted molar refractivity (Wildman–Crippen MR) is 133 cm³/mol. The molecule has 0 amide bonds. The predicted octanol–water partition coefficient (Wildman–Crippen LogP) is 5.46. The van der Waals surface area contributed by atoms with E-state index in [1.807, 2.05) is 18.5 Å². The Labute approximate surface area is 203 Å². The van der Waals surface area contributed by atoms with Gasteiger partial charge in [0.2, 0.25) is 0 Å². The Morgan fingerprint density at radius 3 is 2.59 bits per heavy atom. The number of rotatable bonds is 5. The number of benzene rings is 2.